The number of fused-ring (bicyclic) bond motifs is 3. The van der Waals surface area contributed by atoms with E-state index in [2.05, 4.69) is 39.7 Å². The minimum atomic E-state index is 0.421. The molecule has 2 aromatic rings. The molecule has 0 radical (unpaired) electrons. The van der Waals surface area contributed by atoms with Crippen molar-refractivity contribution < 1.29 is 4.74 Å². The van der Waals surface area contributed by atoms with Crippen LogP contribution in [0.3, 0.4) is 0 Å². The van der Waals surface area contributed by atoms with Crippen LogP contribution in [0.1, 0.15) is 30.1 Å². The third kappa shape index (κ3) is 2.14. The lowest BCUT2D eigenvalue weighted by molar-refractivity contribution is 0.00156. The number of ether oxygens (including phenoxy) is 1. The van der Waals surface area contributed by atoms with Crippen LogP contribution in [0, 0.1) is 0 Å². The normalized spacial score (nSPS) is 23.9. The van der Waals surface area contributed by atoms with Gasteiger partial charge in [-0.05, 0) is 30.9 Å². The van der Waals surface area contributed by atoms with E-state index in [-0.39, 0.29) is 0 Å². The molecule has 20 heavy (non-hydrogen) atoms. The fraction of sp³-hybridized carbons (Fsp3) is 0.500. The first kappa shape index (κ1) is 12.4. The topological polar surface area (TPSA) is 40.3 Å². The lowest BCUT2D eigenvalue weighted by Gasteiger charge is -2.33. The molecule has 1 aromatic heterocycles. The number of aromatic nitrogens is 1. The number of hydrogen-bond acceptors (Lipinski definition) is 3. The quantitative estimate of drug-likeness (QED) is 0.881. The summed E-state index contributed by atoms with van der Waals surface area (Å²) in [5, 5.41) is 3.71. The highest BCUT2D eigenvalue weighted by Gasteiger charge is 2.25. The third-order valence-corrected chi connectivity index (χ3v) is 4.46. The smallest absolute Gasteiger partial charge is 0.0618 e. The maximum Gasteiger partial charge on any atom is 0.0618 e. The van der Waals surface area contributed by atoms with Crippen molar-refractivity contribution in [2.75, 3.05) is 26.3 Å². The molecular weight excluding hydrogens is 250 g/mol. The van der Waals surface area contributed by atoms with E-state index < -0.39 is 0 Å². The van der Waals surface area contributed by atoms with Gasteiger partial charge in [-0.15, -0.1) is 0 Å². The van der Waals surface area contributed by atoms with Crippen LogP contribution in [0.15, 0.2) is 24.3 Å². The van der Waals surface area contributed by atoms with Crippen molar-refractivity contribution in [1.29, 1.82) is 0 Å². The molecule has 1 atom stereocenters. The number of nitrogens with one attached hydrogen (secondary N) is 2. The predicted octanol–water partition coefficient (Wildman–Crippen LogP) is 2.38. The van der Waals surface area contributed by atoms with E-state index in [1.807, 2.05) is 0 Å². The van der Waals surface area contributed by atoms with Crippen molar-refractivity contribution in [3.05, 3.63) is 35.5 Å². The Morgan fingerprint density at radius 3 is 2.95 bits per heavy atom. The Balaban J connectivity index is 1.63. The summed E-state index contributed by atoms with van der Waals surface area (Å²) in [5.41, 5.74) is 7.87. The van der Waals surface area contributed by atoms with E-state index >= 15 is 0 Å². The highest BCUT2D eigenvalue weighted by molar-refractivity contribution is 5.85. The number of aromatic amines is 1. The Morgan fingerprint density at radius 1 is 1.20 bits per heavy atom. The summed E-state index contributed by atoms with van der Waals surface area (Å²) >= 11 is 0. The molecule has 106 valence electrons. The first-order valence-electron chi connectivity index (χ1n) is 7.60. The number of rotatable bonds is 2. The SMILES string of the molecule is c1ccc2c3c([nH]c2c1)C(NN1CCOCC1)CCC3. The van der Waals surface area contributed by atoms with Gasteiger partial charge < -0.3 is 9.72 Å². The van der Waals surface area contributed by atoms with E-state index in [1.54, 1.807) is 0 Å². The summed E-state index contributed by atoms with van der Waals surface area (Å²) in [6, 6.07) is 9.08. The Morgan fingerprint density at radius 2 is 2.05 bits per heavy atom. The van der Waals surface area contributed by atoms with Gasteiger partial charge in [0.25, 0.3) is 0 Å². The second kappa shape index (κ2) is 5.20. The maximum absolute atomic E-state index is 5.42. The van der Waals surface area contributed by atoms with Gasteiger partial charge in [-0.3, -0.25) is 0 Å². The molecule has 2 aliphatic rings. The number of para-hydroxylation sites is 1. The molecule has 0 amide bonds. The maximum atomic E-state index is 5.42. The van der Waals surface area contributed by atoms with E-state index in [1.165, 1.54) is 41.4 Å². The molecule has 1 aliphatic carbocycles. The van der Waals surface area contributed by atoms with Crippen LogP contribution in [-0.2, 0) is 11.2 Å². The molecule has 0 bridgehead atoms. The van der Waals surface area contributed by atoms with Gasteiger partial charge in [0.1, 0.15) is 0 Å². The van der Waals surface area contributed by atoms with Crippen molar-refractivity contribution in [3.8, 4) is 0 Å². The fourth-order valence-corrected chi connectivity index (χ4v) is 3.46. The second-order valence-corrected chi connectivity index (χ2v) is 5.74. The van der Waals surface area contributed by atoms with Crippen molar-refractivity contribution in [2.45, 2.75) is 25.3 Å². The van der Waals surface area contributed by atoms with Crippen molar-refractivity contribution in [3.63, 3.8) is 0 Å². The number of morpholine rings is 1. The molecule has 1 aromatic carbocycles. The molecule has 2 N–H and O–H groups in total. The molecule has 1 unspecified atom stereocenters. The van der Waals surface area contributed by atoms with Crippen LogP contribution < -0.4 is 5.43 Å². The average Bonchev–Trinajstić information content (AvgIpc) is 2.88. The van der Waals surface area contributed by atoms with Crippen LogP contribution in [0.25, 0.3) is 10.9 Å². The number of benzene rings is 1. The summed E-state index contributed by atoms with van der Waals surface area (Å²) in [6.07, 6.45) is 3.66. The van der Waals surface area contributed by atoms with Crippen LogP contribution in [0.5, 0.6) is 0 Å². The number of H-pyrrole nitrogens is 1. The van der Waals surface area contributed by atoms with Gasteiger partial charge in [-0.25, -0.2) is 10.4 Å². The van der Waals surface area contributed by atoms with Gasteiger partial charge >= 0.3 is 0 Å². The van der Waals surface area contributed by atoms with Crippen molar-refractivity contribution in [1.82, 2.24) is 15.4 Å². The standard InChI is InChI=1S/C16H21N3O/c1-2-6-14-12(4-1)13-5-3-7-15(16(13)17-14)18-19-8-10-20-11-9-19/h1-2,4,6,15,17-18H,3,5,7-11H2. The van der Waals surface area contributed by atoms with Gasteiger partial charge in [0.2, 0.25) is 0 Å². The van der Waals surface area contributed by atoms with Gasteiger partial charge in [0.15, 0.2) is 0 Å². The van der Waals surface area contributed by atoms with Crippen LogP contribution in [-0.4, -0.2) is 36.3 Å². The first-order chi connectivity index (χ1) is 9.92. The molecule has 1 aliphatic heterocycles. The molecule has 4 nitrogen and oxygen atoms in total. The van der Waals surface area contributed by atoms with Gasteiger partial charge in [0.05, 0.1) is 19.3 Å². The largest absolute Gasteiger partial charge is 0.379 e. The lowest BCUT2D eigenvalue weighted by Crippen LogP contribution is -2.47. The zero-order chi connectivity index (χ0) is 13.4. The lowest BCUT2D eigenvalue weighted by atomic mass is 9.92. The molecule has 0 saturated carbocycles. The second-order valence-electron chi connectivity index (χ2n) is 5.74. The van der Waals surface area contributed by atoms with Crippen LogP contribution >= 0.6 is 0 Å². The number of aryl methyl sites for hydroxylation is 1. The zero-order valence-corrected chi connectivity index (χ0v) is 11.7. The molecule has 1 fully saturated rings. The predicted molar refractivity (Wildman–Crippen MR) is 79.5 cm³/mol. The highest BCUT2D eigenvalue weighted by atomic mass is 16.5. The molecule has 4 rings (SSSR count). The van der Waals surface area contributed by atoms with Crippen LogP contribution in [0.2, 0.25) is 0 Å². The van der Waals surface area contributed by atoms with E-state index in [0.29, 0.717) is 6.04 Å². The van der Waals surface area contributed by atoms with Crippen molar-refractivity contribution in [2.24, 2.45) is 0 Å². The van der Waals surface area contributed by atoms with Crippen molar-refractivity contribution >= 4 is 10.9 Å². The molecular formula is C16H21N3O. The number of hydrazine groups is 1. The Hall–Kier alpha value is -1.36. The fourth-order valence-electron chi connectivity index (χ4n) is 3.46. The minimum absolute atomic E-state index is 0.421. The number of nitrogens with zero attached hydrogens (tertiary/aromatic N) is 1. The van der Waals surface area contributed by atoms with E-state index in [9.17, 15) is 0 Å². The zero-order valence-electron chi connectivity index (χ0n) is 11.7. The molecule has 2 heterocycles. The van der Waals surface area contributed by atoms with E-state index in [0.717, 1.165) is 26.3 Å². The van der Waals surface area contributed by atoms with Gasteiger partial charge in [0, 0.05) is 29.7 Å². The summed E-state index contributed by atoms with van der Waals surface area (Å²) in [5.74, 6) is 0. The summed E-state index contributed by atoms with van der Waals surface area (Å²) < 4.78 is 5.42. The summed E-state index contributed by atoms with van der Waals surface area (Å²) in [6.45, 7) is 3.62. The average molecular weight is 271 g/mol. The summed E-state index contributed by atoms with van der Waals surface area (Å²) in [7, 11) is 0. The monoisotopic (exact) mass is 271 g/mol. The molecule has 0 spiro atoms. The highest BCUT2D eigenvalue weighted by Crippen LogP contribution is 2.34. The van der Waals surface area contributed by atoms with Gasteiger partial charge in [-0.2, -0.15) is 0 Å². The Bertz CT molecular complexity index is 601. The van der Waals surface area contributed by atoms with Crippen LogP contribution in [0.4, 0.5) is 0 Å². The molecule has 4 heteroatoms. The van der Waals surface area contributed by atoms with E-state index in [4.69, 9.17) is 4.74 Å². The third-order valence-electron chi connectivity index (χ3n) is 4.46. The van der Waals surface area contributed by atoms with Gasteiger partial charge in [-0.1, -0.05) is 18.2 Å². The summed E-state index contributed by atoms with van der Waals surface area (Å²) in [4.78, 5) is 3.64. The Kier molecular flexibility index (Phi) is 3.22. The first-order valence-corrected chi connectivity index (χ1v) is 7.60. The number of hydrogen-bond donors (Lipinski definition) is 2. The molecule has 1 saturated heterocycles. The minimum Gasteiger partial charge on any atom is -0.379 e. The Labute approximate surface area is 119 Å².